The lowest BCUT2D eigenvalue weighted by Gasteiger charge is -2.27. The second-order valence-corrected chi connectivity index (χ2v) is 3.17. The van der Waals surface area contributed by atoms with E-state index in [0.717, 1.165) is 0 Å². The molecule has 0 aromatic rings. The Labute approximate surface area is 90.2 Å². The molecule has 0 aliphatic carbocycles. The molecule has 0 rings (SSSR count). The number of hydrazine groups is 1. The minimum Gasteiger partial charge on any atom is -0.358 e. The van der Waals surface area contributed by atoms with E-state index in [2.05, 4.69) is 10.7 Å². The average molecular weight is 216 g/mol. The molecule has 0 aliphatic rings. The van der Waals surface area contributed by atoms with Gasteiger partial charge in [-0.05, 0) is 13.0 Å². The molecular weight excluding hydrogens is 196 g/mol. The first-order valence-electron chi connectivity index (χ1n) is 5.05. The summed E-state index contributed by atoms with van der Waals surface area (Å²) in [5.74, 6) is 4.71. The summed E-state index contributed by atoms with van der Waals surface area (Å²) in [5.41, 5.74) is 2.11. The van der Waals surface area contributed by atoms with Gasteiger partial charge in [0.2, 0.25) is 5.91 Å². The van der Waals surface area contributed by atoms with Gasteiger partial charge in [-0.25, -0.2) is 5.84 Å². The molecule has 0 fully saturated rings. The molecule has 0 aromatic carbocycles. The maximum absolute atomic E-state index is 11.4. The highest BCUT2D eigenvalue weighted by Crippen LogP contribution is 2.03. The Hall–Kier alpha value is -1.14. The van der Waals surface area contributed by atoms with Crippen LogP contribution in [0.5, 0.6) is 0 Å². The van der Waals surface area contributed by atoms with Crippen molar-refractivity contribution < 1.29 is 9.59 Å². The molecule has 0 radical (unpaired) electrons. The number of likely N-dealkylation sites (N-methyl/N-ethyl adjacent to an activating group) is 2. The van der Waals surface area contributed by atoms with Crippen LogP contribution in [0, 0.1) is 0 Å². The zero-order chi connectivity index (χ0) is 11.8. The van der Waals surface area contributed by atoms with E-state index in [-0.39, 0.29) is 24.4 Å². The third kappa shape index (κ3) is 4.26. The molecule has 1 atom stereocenters. The van der Waals surface area contributed by atoms with E-state index >= 15 is 0 Å². The van der Waals surface area contributed by atoms with Crippen LogP contribution < -0.4 is 16.6 Å². The van der Waals surface area contributed by atoms with Crippen LogP contribution >= 0.6 is 0 Å². The van der Waals surface area contributed by atoms with Gasteiger partial charge in [0.15, 0.2) is 0 Å². The molecule has 0 aromatic heterocycles. The third-order valence-electron chi connectivity index (χ3n) is 2.30. The van der Waals surface area contributed by atoms with E-state index in [4.69, 9.17) is 5.84 Å². The summed E-state index contributed by atoms with van der Waals surface area (Å²) >= 11 is 0. The van der Waals surface area contributed by atoms with Crippen LogP contribution in [0.25, 0.3) is 0 Å². The molecule has 4 N–H and O–H groups in total. The fourth-order valence-electron chi connectivity index (χ4n) is 1.41. The summed E-state index contributed by atoms with van der Waals surface area (Å²) in [4.78, 5) is 24.4. The highest BCUT2D eigenvalue weighted by Gasteiger charge is 2.23. The lowest BCUT2D eigenvalue weighted by Crippen LogP contribution is -2.51. The summed E-state index contributed by atoms with van der Waals surface area (Å²) in [7, 11) is 1.57. The number of amides is 2. The maximum Gasteiger partial charge on any atom is 0.251 e. The summed E-state index contributed by atoms with van der Waals surface area (Å²) in [6.45, 7) is 4.61. The molecule has 0 aliphatic heterocycles. The van der Waals surface area contributed by atoms with Crippen molar-refractivity contribution in [2.75, 3.05) is 20.1 Å². The van der Waals surface area contributed by atoms with E-state index in [1.54, 1.807) is 11.9 Å². The second kappa shape index (κ2) is 7.19. The van der Waals surface area contributed by atoms with Gasteiger partial charge in [-0.3, -0.25) is 19.9 Å². The number of nitrogens with one attached hydrogen (secondary N) is 2. The standard InChI is InChI=1S/C9H20N4O2/c1-4-7(9(15)12-10)13(5-2)6-8(14)11-3/h7H,4-6,10H2,1-3H3,(H,11,14)(H,12,15). The zero-order valence-corrected chi connectivity index (χ0v) is 9.54. The molecule has 88 valence electrons. The Balaban J connectivity index is 4.46. The van der Waals surface area contributed by atoms with Gasteiger partial charge in [0.05, 0.1) is 12.6 Å². The van der Waals surface area contributed by atoms with Crippen molar-refractivity contribution in [3.8, 4) is 0 Å². The molecule has 0 bridgehead atoms. The van der Waals surface area contributed by atoms with Crippen molar-refractivity contribution >= 4 is 11.8 Å². The number of hydrogen-bond donors (Lipinski definition) is 3. The molecule has 0 spiro atoms. The molecular formula is C9H20N4O2. The highest BCUT2D eigenvalue weighted by atomic mass is 16.2. The van der Waals surface area contributed by atoms with Gasteiger partial charge < -0.3 is 5.32 Å². The number of rotatable bonds is 6. The van der Waals surface area contributed by atoms with Gasteiger partial charge in [0.1, 0.15) is 0 Å². The van der Waals surface area contributed by atoms with Gasteiger partial charge in [-0.2, -0.15) is 0 Å². The largest absolute Gasteiger partial charge is 0.358 e. The van der Waals surface area contributed by atoms with Crippen molar-refractivity contribution in [2.45, 2.75) is 26.3 Å². The van der Waals surface area contributed by atoms with Gasteiger partial charge in [0, 0.05) is 7.05 Å². The number of carbonyl (C=O) groups is 2. The quantitative estimate of drug-likeness (QED) is 0.296. The fraction of sp³-hybridized carbons (Fsp3) is 0.778. The first kappa shape index (κ1) is 13.9. The predicted molar refractivity (Wildman–Crippen MR) is 57.7 cm³/mol. The summed E-state index contributed by atoms with van der Waals surface area (Å²) in [6, 6.07) is -0.350. The lowest BCUT2D eigenvalue weighted by molar-refractivity contribution is -0.128. The van der Waals surface area contributed by atoms with Gasteiger partial charge in [-0.15, -0.1) is 0 Å². The smallest absolute Gasteiger partial charge is 0.251 e. The molecule has 6 heteroatoms. The van der Waals surface area contributed by atoms with E-state index in [1.807, 2.05) is 13.8 Å². The van der Waals surface area contributed by atoms with Crippen molar-refractivity contribution in [3.05, 3.63) is 0 Å². The Morgan fingerprint density at radius 1 is 1.40 bits per heavy atom. The van der Waals surface area contributed by atoms with Gasteiger partial charge in [0.25, 0.3) is 5.91 Å². The zero-order valence-electron chi connectivity index (χ0n) is 9.54. The number of nitrogens with two attached hydrogens (primary N) is 1. The van der Waals surface area contributed by atoms with Crippen LogP contribution in [0.4, 0.5) is 0 Å². The first-order chi connectivity index (χ1) is 7.10. The van der Waals surface area contributed by atoms with Gasteiger partial charge in [-0.1, -0.05) is 13.8 Å². The van der Waals surface area contributed by atoms with Crippen LogP contribution in [0.15, 0.2) is 0 Å². The minimum atomic E-state index is -0.350. The predicted octanol–water partition coefficient (Wildman–Crippen LogP) is -1.18. The molecule has 1 unspecified atom stereocenters. The van der Waals surface area contributed by atoms with Crippen LogP contribution in [0.2, 0.25) is 0 Å². The summed E-state index contributed by atoms with van der Waals surface area (Å²) in [5, 5.41) is 2.52. The molecule has 15 heavy (non-hydrogen) atoms. The highest BCUT2D eigenvalue weighted by molar-refractivity contribution is 5.83. The Morgan fingerprint density at radius 3 is 2.33 bits per heavy atom. The maximum atomic E-state index is 11.4. The van der Waals surface area contributed by atoms with Crippen molar-refractivity contribution in [2.24, 2.45) is 5.84 Å². The Kier molecular flexibility index (Phi) is 6.64. The normalized spacial score (nSPS) is 12.3. The number of nitrogens with zero attached hydrogens (tertiary/aromatic N) is 1. The van der Waals surface area contributed by atoms with Crippen molar-refractivity contribution in [1.29, 1.82) is 0 Å². The van der Waals surface area contributed by atoms with E-state index in [1.165, 1.54) is 0 Å². The Morgan fingerprint density at radius 2 is 2.00 bits per heavy atom. The molecule has 0 heterocycles. The second-order valence-electron chi connectivity index (χ2n) is 3.17. The van der Waals surface area contributed by atoms with E-state index in [9.17, 15) is 9.59 Å². The van der Waals surface area contributed by atoms with Crippen LogP contribution in [0.1, 0.15) is 20.3 Å². The summed E-state index contributed by atoms with van der Waals surface area (Å²) in [6.07, 6.45) is 0.619. The first-order valence-corrected chi connectivity index (χ1v) is 5.05. The summed E-state index contributed by atoms with van der Waals surface area (Å²) < 4.78 is 0. The third-order valence-corrected chi connectivity index (χ3v) is 2.30. The topological polar surface area (TPSA) is 87.5 Å². The molecule has 2 amide bonds. The van der Waals surface area contributed by atoms with Gasteiger partial charge >= 0.3 is 0 Å². The minimum absolute atomic E-state index is 0.111. The van der Waals surface area contributed by atoms with Crippen molar-refractivity contribution in [1.82, 2.24) is 15.6 Å². The molecule has 6 nitrogen and oxygen atoms in total. The molecule has 0 saturated heterocycles. The molecule has 0 saturated carbocycles. The fourth-order valence-corrected chi connectivity index (χ4v) is 1.41. The lowest BCUT2D eigenvalue weighted by atomic mass is 10.1. The van der Waals surface area contributed by atoms with E-state index < -0.39 is 0 Å². The van der Waals surface area contributed by atoms with Crippen LogP contribution in [0.3, 0.4) is 0 Å². The number of carbonyl (C=O) groups excluding carboxylic acids is 2. The Bertz CT molecular complexity index is 220. The monoisotopic (exact) mass is 216 g/mol. The SMILES string of the molecule is CCC(C(=O)NN)N(CC)CC(=O)NC. The number of hydrogen-bond acceptors (Lipinski definition) is 4. The van der Waals surface area contributed by atoms with Crippen LogP contribution in [-0.2, 0) is 9.59 Å². The van der Waals surface area contributed by atoms with E-state index in [0.29, 0.717) is 13.0 Å². The average Bonchev–Trinajstić information content (AvgIpc) is 2.27. The van der Waals surface area contributed by atoms with Crippen LogP contribution in [-0.4, -0.2) is 42.9 Å². The van der Waals surface area contributed by atoms with Crippen molar-refractivity contribution in [3.63, 3.8) is 0 Å².